The van der Waals surface area contributed by atoms with Crippen molar-refractivity contribution in [1.29, 1.82) is 5.26 Å². The molecule has 0 saturated carbocycles. The highest BCUT2D eigenvalue weighted by molar-refractivity contribution is 7.95. The summed E-state index contributed by atoms with van der Waals surface area (Å²) in [4.78, 5) is 19.5. The largest absolute Gasteiger partial charge is 0.369 e. The van der Waals surface area contributed by atoms with E-state index < -0.39 is 0 Å². The maximum absolute atomic E-state index is 12.4. The molecule has 0 atom stereocenters. The van der Waals surface area contributed by atoms with Gasteiger partial charge in [0, 0.05) is 11.6 Å². The fraction of sp³-hybridized carbons (Fsp3) is 0.312. The Morgan fingerprint density at radius 1 is 1.46 bits per heavy atom. The fourth-order valence-electron chi connectivity index (χ4n) is 2.49. The van der Waals surface area contributed by atoms with Crippen molar-refractivity contribution < 1.29 is 4.74 Å². The summed E-state index contributed by atoms with van der Waals surface area (Å²) >= 11 is 0. The predicted octanol–water partition coefficient (Wildman–Crippen LogP) is 1.18. The highest BCUT2D eigenvalue weighted by Crippen LogP contribution is 2.20. The van der Waals surface area contributed by atoms with Gasteiger partial charge in [-0.05, 0) is 23.0 Å². The Labute approximate surface area is 141 Å². The lowest BCUT2D eigenvalue weighted by Crippen LogP contribution is -2.16. The zero-order valence-corrected chi connectivity index (χ0v) is 14.3. The Bertz CT molecular complexity index is 1000. The highest BCUT2D eigenvalue weighted by Gasteiger charge is 2.12. The van der Waals surface area contributed by atoms with E-state index in [-0.39, 0.29) is 23.7 Å². The van der Waals surface area contributed by atoms with Gasteiger partial charge in [0.1, 0.15) is 24.1 Å². The molecule has 0 unspecified atom stereocenters. The number of nitrogens with zero attached hydrogens (tertiary/aromatic N) is 3. The number of pyridine rings is 1. The van der Waals surface area contributed by atoms with Gasteiger partial charge in [-0.15, -0.1) is 0 Å². The number of ether oxygens (including phenoxy) is 1. The number of aromatic amines is 1. The van der Waals surface area contributed by atoms with Gasteiger partial charge in [0.05, 0.1) is 35.7 Å². The summed E-state index contributed by atoms with van der Waals surface area (Å²) in [6.07, 6.45) is 5.85. The van der Waals surface area contributed by atoms with Gasteiger partial charge in [0.2, 0.25) is 5.43 Å². The number of fused-ring (bicyclic) bond motifs is 2. The van der Waals surface area contributed by atoms with Crippen LogP contribution in [0.5, 0.6) is 0 Å². The van der Waals surface area contributed by atoms with Crippen molar-refractivity contribution in [3.05, 3.63) is 34.1 Å². The van der Waals surface area contributed by atoms with Crippen LogP contribution in [0.25, 0.3) is 21.9 Å². The smallest absolute Gasteiger partial charge is 0.207 e. The molecule has 0 aliphatic heterocycles. The summed E-state index contributed by atoms with van der Waals surface area (Å²) in [5.74, 6) is 1.26. The van der Waals surface area contributed by atoms with Gasteiger partial charge in [-0.1, -0.05) is 0 Å². The molecule has 24 heavy (non-hydrogen) atoms. The predicted molar refractivity (Wildman–Crippen MR) is 97.0 cm³/mol. The van der Waals surface area contributed by atoms with Crippen LogP contribution in [0.15, 0.2) is 23.1 Å². The summed E-state index contributed by atoms with van der Waals surface area (Å²) in [5, 5.41) is 9.66. The van der Waals surface area contributed by atoms with E-state index in [1.165, 1.54) is 6.20 Å². The van der Waals surface area contributed by atoms with Crippen LogP contribution in [0.3, 0.4) is 0 Å². The van der Waals surface area contributed by atoms with Gasteiger partial charge < -0.3 is 20.0 Å². The topological polar surface area (TPSA) is 110 Å². The molecule has 0 fully saturated rings. The van der Waals surface area contributed by atoms with Gasteiger partial charge in [-0.25, -0.2) is 4.98 Å². The van der Waals surface area contributed by atoms with E-state index >= 15 is 0 Å². The Hall–Kier alpha value is -2.50. The Morgan fingerprint density at radius 2 is 2.25 bits per heavy atom. The van der Waals surface area contributed by atoms with E-state index in [4.69, 9.17) is 10.5 Å². The van der Waals surface area contributed by atoms with Crippen LogP contribution in [-0.4, -0.2) is 39.4 Å². The minimum Gasteiger partial charge on any atom is -0.369 e. The van der Waals surface area contributed by atoms with Crippen molar-refractivity contribution >= 4 is 38.8 Å². The lowest BCUT2D eigenvalue weighted by atomic mass is 10.1. The number of H-pyrrole nitrogens is 1. The summed E-state index contributed by atoms with van der Waals surface area (Å²) in [6.45, 7) is 0.900. The van der Waals surface area contributed by atoms with Crippen molar-refractivity contribution in [3.63, 3.8) is 0 Å². The van der Waals surface area contributed by atoms with E-state index in [9.17, 15) is 10.1 Å². The third-order valence-corrected chi connectivity index (χ3v) is 4.67. The molecule has 2 aromatic heterocycles. The van der Waals surface area contributed by atoms with Crippen molar-refractivity contribution in [2.45, 2.75) is 6.73 Å². The minimum absolute atomic E-state index is 0.0867. The molecule has 3 rings (SSSR count). The van der Waals surface area contributed by atoms with Crippen LogP contribution in [-0.2, 0) is 22.4 Å². The normalized spacial score (nSPS) is 11.4. The number of nitrogens with one attached hydrogen (secondary N) is 1. The lowest BCUT2D eigenvalue weighted by molar-refractivity contribution is 0.0923. The number of benzene rings is 1. The second-order valence-electron chi connectivity index (χ2n) is 5.69. The second kappa shape index (κ2) is 6.55. The number of hydrogen-bond acceptors (Lipinski definition) is 5. The Kier molecular flexibility index (Phi) is 4.46. The van der Waals surface area contributed by atoms with Crippen LogP contribution in [0.1, 0.15) is 5.56 Å². The molecule has 7 nitrogen and oxygen atoms in total. The molecular weight excluding hydrogens is 326 g/mol. The highest BCUT2D eigenvalue weighted by atomic mass is 32.2. The van der Waals surface area contributed by atoms with Crippen LogP contribution < -0.4 is 11.2 Å². The summed E-state index contributed by atoms with van der Waals surface area (Å²) < 4.78 is 7.47. The molecule has 0 aliphatic rings. The monoisotopic (exact) mass is 344 g/mol. The molecule has 3 aromatic rings. The van der Waals surface area contributed by atoms with Crippen LogP contribution in [0.4, 0.5) is 5.95 Å². The van der Waals surface area contributed by atoms with Crippen molar-refractivity contribution in [1.82, 2.24) is 14.5 Å². The minimum atomic E-state index is -0.303. The first-order valence-corrected chi connectivity index (χ1v) is 9.55. The van der Waals surface area contributed by atoms with Crippen molar-refractivity contribution in [3.8, 4) is 6.07 Å². The first kappa shape index (κ1) is 16.4. The second-order valence-corrected chi connectivity index (χ2v) is 8.07. The number of hydrogen-bond donors (Lipinski definition) is 2. The average molecular weight is 344 g/mol. The van der Waals surface area contributed by atoms with Gasteiger partial charge in [0.15, 0.2) is 5.95 Å². The summed E-state index contributed by atoms with van der Waals surface area (Å²) in [5.41, 5.74) is 7.47. The van der Waals surface area contributed by atoms with E-state index in [0.717, 1.165) is 5.75 Å². The van der Waals surface area contributed by atoms with E-state index in [2.05, 4.69) is 22.5 Å². The maximum Gasteiger partial charge on any atom is 0.207 e. The number of anilines is 1. The molecular formula is C16H18N5O2S+. The summed E-state index contributed by atoms with van der Waals surface area (Å²) in [7, 11) is 0.309. The van der Waals surface area contributed by atoms with E-state index in [1.807, 2.05) is 6.07 Å². The standard InChI is InChI=1S/C16H17N5O2S/c1-24(2)4-3-23-9-21-8-10(7-17)15(22)11-5-12-13(6-14(11)21)20-16(18)19-12/h5-6,8H,3-4,9H2,1-2H3,(H2-,18,19,20,22)/p+1. The van der Waals surface area contributed by atoms with Crippen LogP contribution in [0, 0.1) is 11.3 Å². The molecule has 2 heterocycles. The molecule has 3 N–H and O–H groups in total. The molecule has 8 heteroatoms. The Balaban J connectivity index is 2.09. The lowest BCUT2D eigenvalue weighted by Gasteiger charge is -2.12. The molecule has 0 spiro atoms. The molecule has 0 radical (unpaired) electrons. The third-order valence-electron chi connectivity index (χ3n) is 3.69. The number of nitrogen functional groups attached to an aromatic ring is 1. The van der Waals surface area contributed by atoms with Crippen LogP contribution in [0.2, 0.25) is 0 Å². The van der Waals surface area contributed by atoms with E-state index in [1.54, 1.807) is 16.7 Å². The zero-order chi connectivity index (χ0) is 17.3. The quantitative estimate of drug-likeness (QED) is 0.533. The Morgan fingerprint density at radius 3 is 2.96 bits per heavy atom. The average Bonchev–Trinajstić information content (AvgIpc) is 2.90. The van der Waals surface area contributed by atoms with Gasteiger partial charge >= 0.3 is 0 Å². The van der Waals surface area contributed by atoms with Crippen molar-refractivity contribution in [2.24, 2.45) is 0 Å². The maximum atomic E-state index is 12.4. The molecule has 0 aliphatic carbocycles. The van der Waals surface area contributed by atoms with Crippen molar-refractivity contribution in [2.75, 3.05) is 30.6 Å². The SMILES string of the molecule is C[S+](C)CCOCn1cc(C#N)c(=O)c2cc3[nH]c(N)nc3cc21. The molecule has 0 saturated heterocycles. The van der Waals surface area contributed by atoms with Gasteiger partial charge in [-0.2, -0.15) is 5.26 Å². The first-order chi connectivity index (χ1) is 11.5. The van der Waals surface area contributed by atoms with Crippen LogP contribution >= 0.6 is 0 Å². The fourth-order valence-corrected chi connectivity index (χ4v) is 2.94. The van der Waals surface area contributed by atoms with Gasteiger partial charge in [-0.3, -0.25) is 4.79 Å². The molecule has 0 amide bonds. The first-order valence-electron chi connectivity index (χ1n) is 7.34. The summed E-state index contributed by atoms with van der Waals surface area (Å²) in [6, 6.07) is 5.42. The number of imidazole rings is 1. The van der Waals surface area contributed by atoms with E-state index in [0.29, 0.717) is 39.4 Å². The number of aromatic nitrogens is 3. The van der Waals surface area contributed by atoms with Gasteiger partial charge in [0.25, 0.3) is 0 Å². The third kappa shape index (κ3) is 3.09. The molecule has 1 aromatic carbocycles. The number of nitriles is 1. The number of nitrogens with two attached hydrogens (primary N) is 1. The zero-order valence-electron chi connectivity index (χ0n) is 13.5. The molecule has 124 valence electrons. The molecule has 0 bridgehead atoms. The number of rotatable bonds is 5.